The second-order valence-corrected chi connectivity index (χ2v) is 7.49. The number of benzene rings is 2. The standard InChI is InChI=1S/C20H20F3NO2S/c1-26-17-7-2-14(3-8-17)12-24-16(6-11-19(24)25)13-27-18-9-4-15(5-10-18)20(21,22)23/h2-5,7-10,16H,6,11-13H2,1H3. The Hall–Kier alpha value is -2.15. The molecule has 3 nitrogen and oxygen atoms in total. The summed E-state index contributed by atoms with van der Waals surface area (Å²) in [6, 6.07) is 12.8. The molecule has 0 spiro atoms. The fourth-order valence-electron chi connectivity index (χ4n) is 3.04. The Labute approximate surface area is 160 Å². The third-order valence-corrected chi connectivity index (χ3v) is 5.75. The summed E-state index contributed by atoms with van der Waals surface area (Å²) in [5.41, 5.74) is 0.375. The molecule has 0 N–H and O–H groups in total. The number of methoxy groups -OCH3 is 1. The minimum Gasteiger partial charge on any atom is -0.497 e. The number of nitrogens with zero attached hydrogens (tertiary/aromatic N) is 1. The number of ether oxygens (including phenoxy) is 1. The summed E-state index contributed by atoms with van der Waals surface area (Å²) in [5.74, 6) is 1.54. The van der Waals surface area contributed by atoms with Gasteiger partial charge in [-0.2, -0.15) is 13.2 Å². The lowest BCUT2D eigenvalue weighted by molar-refractivity contribution is -0.137. The van der Waals surface area contributed by atoms with Crippen molar-refractivity contribution in [1.82, 2.24) is 4.90 Å². The van der Waals surface area contributed by atoms with E-state index in [9.17, 15) is 18.0 Å². The molecule has 27 heavy (non-hydrogen) atoms. The molecule has 1 unspecified atom stereocenters. The summed E-state index contributed by atoms with van der Waals surface area (Å²) in [5, 5.41) is 0. The number of halogens is 3. The first-order valence-corrected chi connectivity index (χ1v) is 9.58. The highest BCUT2D eigenvalue weighted by molar-refractivity contribution is 7.99. The molecule has 1 saturated heterocycles. The van der Waals surface area contributed by atoms with Crippen molar-refractivity contribution in [1.29, 1.82) is 0 Å². The van der Waals surface area contributed by atoms with Gasteiger partial charge in [0.05, 0.1) is 12.7 Å². The van der Waals surface area contributed by atoms with E-state index >= 15 is 0 Å². The molecule has 1 atom stereocenters. The summed E-state index contributed by atoms with van der Waals surface area (Å²) in [7, 11) is 1.60. The van der Waals surface area contributed by atoms with E-state index in [1.807, 2.05) is 29.2 Å². The van der Waals surface area contributed by atoms with Crippen molar-refractivity contribution in [2.45, 2.75) is 36.5 Å². The average molecular weight is 395 g/mol. The lowest BCUT2D eigenvalue weighted by atomic mass is 10.2. The fourth-order valence-corrected chi connectivity index (χ4v) is 4.10. The zero-order valence-electron chi connectivity index (χ0n) is 14.8. The van der Waals surface area contributed by atoms with Gasteiger partial charge < -0.3 is 9.64 Å². The molecule has 3 rings (SSSR count). The van der Waals surface area contributed by atoms with Crippen LogP contribution in [0.2, 0.25) is 0 Å². The second-order valence-electron chi connectivity index (χ2n) is 6.40. The van der Waals surface area contributed by atoms with Gasteiger partial charge in [0.25, 0.3) is 0 Å². The smallest absolute Gasteiger partial charge is 0.416 e. The van der Waals surface area contributed by atoms with Crippen molar-refractivity contribution in [2.75, 3.05) is 12.9 Å². The van der Waals surface area contributed by atoms with Crippen LogP contribution in [-0.4, -0.2) is 29.7 Å². The van der Waals surface area contributed by atoms with Crippen LogP contribution in [-0.2, 0) is 17.5 Å². The number of carbonyl (C=O) groups excluding carboxylic acids is 1. The number of alkyl halides is 3. The van der Waals surface area contributed by atoms with Gasteiger partial charge in [0.1, 0.15) is 5.75 Å². The molecule has 0 radical (unpaired) electrons. The lowest BCUT2D eigenvalue weighted by Crippen LogP contribution is -2.34. The molecule has 2 aromatic carbocycles. The average Bonchev–Trinajstić information content (AvgIpc) is 3.00. The van der Waals surface area contributed by atoms with Crippen LogP contribution in [0, 0.1) is 0 Å². The Morgan fingerprint density at radius 1 is 1.11 bits per heavy atom. The van der Waals surface area contributed by atoms with E-state index < -0.39 is 11.7 Å². The second kappa shape index (κ2) is 8.25. The Morgan fingerprint density at radius 3 is 2.37 bits per heavy atom. The highest BCUT2D eigenvalue weighted by Crippen LogP contribution is 2.32. The summed E-state index contributed by atoms with van der Waals surface area (Å²) >= 11 is 1.48. The summed E-state index contributed by atoms with van der Waals surface area (Å²) in [6.45, 7) is 0.529. The van der Waals surface area contributed by atoms with Crippen molar-refractivity contribution in [3.8, 4) is 5.75 Å². The molecule has 1 aliphatic heterocycles. The van der Waals surface area contributed by atoms with Gasteiger partial charge in [0, 0.05) is 29.7 Å². The minimum atomic E-state index is -4.32. The molecular weight excluding hydrogens is 375 g/mol. The van der Waals surface area contributed by atoms with Crippen LogP contribution in [0.15, 0.2) is 53.4 Å². The summed E-state index contributed by atoms with van der Waals surface area (Å²) < 4.78 is 43.1. The number of hydrogen-bond donors (Lipinski definition) is 0. The monoisotopic (exact) mass is 395 g/mol. The van der Waals surface area contributed by atoms with E-state index in [2.05, 4.69) is 0 Å². The van der Waals surface area contributed by atoms with Crippen molar-refractivity contribution in [3.63, 3.8) is 0 Å². The molecule has 144 valence electrons. The summed E-state index contributed by atoms with van der Waals surface area (Å²) in [6.07, 6.45) is -3.05. The zero-order valence-corrected chi connectivity index (χ0v) is 15.6. The molecule has 0 aromatic heterocycles. The van der Waals surface area contributed by atoms with Crippen LogP contribution in [0.4, 0.5) is 13.2 Å². The van der Waals surface area contributed by atoms with Gasteiger partial charge in [-0.1, -0.05) is 12.1 Å². The Bertz CT molecular complexity index is 775. The predicted molar refractivity (Wildman–Crippen MR) is 98.7 cm³/mol. The maximum Gasteiger partial charge on any atom is 0.416 e. The number of rotatable bonds is 6. The van der Waals surface area contributed by atoms with Crippen LogP contribution < -0.4 is 4.74 Å². The number of carbonyl (C=O) groups is 1. The number of likely N-dealkylation sites (tertiary alicyclic amines) is 1. The largest absolute Gasteiger partial charge is 0.497 e. The molecule has 1 aliphatic rings. The molecule has 0 bridgehead atoms. The Kier molecular flexibility index (Phi) is 5.99. The highest BCUT2D eigenvalue weighted by Gasteiger charge is 2.32. The van der Waals surface area contributed by atoms with Crippen LogP contribution in [0.5, 0.6) is 5.75 Å². The van der Waals surface area contributed by atoms with Crippen molar-refractivity contribution in [3.05, 3.63) is 59.7 Å². The van der Waals surface area contributed by atoms with E-state index in [4.69, 9.17) is 4.74 Å². The van der Waals surface area contributed by atoms with Crippen LogP contribution >= 0.6 is 11.8 Å². The molecule has 2 aromatic rings. The Balaban J connectivity index is 1.60. The summed E-state index contributed by atoms with van der Waals surface area (Å²) in [4.78, 5) is 14.9. The van der Waals surface area contributed by atoms with E-state index in [1.165, 1.54) is 23.9 Å². The van der Waals surface area contributed by atoms with Crippen molar-refractivity contribution in [2.24, 2.45) is 0 Å². The van der Waals surface area contributed by atoms with Gasteiger partial charge in [-0.15, -0.1) is 11.8 Å². The van der Waals surface area contributed by atoms with Gasteiger partial charge in [-0.3, -0.25) is 4.79 Å². The molecule has 1 heterocycles. The van der Waals surface area contributed by atoms with Crippen LogP contribution in [0.1, 0.15) is 24.0 Å². The van der Waals surface area contributed by atoms with E-state index in [1.54, 1.807) is 7.11 Å². The third-order valence-electron chi connectivity index (χ3n) is 4.59. The van der Waals surface area contributed by atoms with Gasteiger partial charge in [-0.25, -0.2) is 0 Å². The molecule has 7 heteroatoms. The topological polar surface area (TPSA) is 29.5 Å². The molecular formula is C20H20F3NO2S. The molecule has 0 aliphatic carbocycles. The number of amides is 1. The molecule has 1 amide bonds. The normalized spacial score (nSPS) is 17.4. The van der Waals surface area contributed by atoms with E-state index in [-0.39, 0.29) is 11.9 Å². The quantitative estimate of drug-likeness (QED) is 0.645. The minimum absolute atomic E-state index is 0.0758. The lowest BCUT2D eigenvalue weighted by Gasteiger charge is -2.25. The van der Waals surface area contributed by atoms with Gasteiger partial charge in [0.2, 0.25) is 5.91 Å². The highest BCUT2D eigenvalue weighted by atomic mass is 32.2. The van der Waals surface area contributed by atoms with Gasteiger partial charge in [-0.05, 0) is 48.4 Å². The van der Waals surface area contributed by atoms with Gasteiger partial charge in [0.15, 0.2) is 0 Å². The Morgan fingerprint density at radius 2 is 1.78 bits per heavy atom. The predicted octanol–water partition coefficient (Wildman–Crippen LogP) is 5.00. The van der Waals surface area contributed by atoms with E-state index in [0.29, 0.717) is 18.7 Å². The number of hydrogen-bond acceptors (Lipinski definition) is 3. The first-order chi connectivity index (χ1) is 12.9. The zero-order chi connectivity index (χ0) is 19.4. The van der Waals surface area contributed by atoms with Crippen LogP contribution in [0.25, 0.3) is 0 Å². The third kappa shape index (κ3) is 4.97. The fraction of sp³-hybridized carbons (Fsp3) is 0.350. The van der Waals surface area contributed by atoms with Crippen LogP contribution in [0.3, 0.4) is 0 Å². The van der Waals surface area contributed by atoms with Gasteiger partial charge >= 0.3 is 6.18 Å². The number of thioether (sulfide) groups is 1. The first kappa shape index (κ1) is 19.6. The van der Waals surface area contributed by atoms with Crippen molar-refractivity contribution < 1.29 is 22.7 Å². The maximum absolute atomic E-state index is 12.6. The van der Waals surface area contributed by atoms with Crippen molar-refractivity contribution >= 4 is 17.7 Å². The molecule has 1 fully saturated rings. The SMILES string of the molecule is COc1ccc(CN2C(=O)CCC2CSc2ccc(C(F)(F)F)cc2)cc1. The first-order valence-electron chi connectivity index (χ1n) is 8.59. The molecule has 0 saturated carbocycles. The maximum atomic E-state index is 12.6. The van der Waals surface area contributed by atoms with E-state index in [0.717, 1.165) is 34.8 Å².